The summed E-state index contributed by atoms with van der Waals surface area (Å²) < 4.78 is 13.8. The van der Waals surface area contributed by atoms with E-state index >= 15 is 0 Å². The number of hydrogen-bond donors (Lipinski definition) is 1. The van der Waals surface area contributed by atoms with Crippen LogP contribution in [0.5, 0.6) is 0 Å². The van der Waals surface area contributed by atoms with Crippen molar-refractivity contribution in [3.63, 3.8) is 0 Å². The van der Waals surface area contributed by atoms with Crippen LogP contribution in [0.3, 0.4) is 0 Å². The van der Waals surface area contributed by atoms with Crippen molar-refractivity contribution < 1.29 is 4.39 Å². The number of anilines is 1. The summed E-state index contributed by atoms with van der Waals surface area (Å²) in [5, 5.41) is 0. The van der Waals surface area contributed by atoms with Gasteiger partial charge in [0.1, 0.15) is 5.82 Å². The van der Waals surface area contributed by atoms with Crippen LogP contribution in [-0.2, 0) is 0 Å². The number of benzene rings is 1. The van der Waals surface area contributed by atoms with Gasteiger partial charge in [0.05, 0.1) is 12.2 Å². The molecule has 0 radical (unpaired) electrons. The van der Waals surface area contributed by atoms with E-state index in [1.807, 2.05) is 24.8 Å². The second-order valence-electron chi connectivity index (χ2n) is 3.68. The highest BCUT2D eigenvalue weighted by molar-refractivity contribution is 5.56. The number of para-hydroxylation sites is 1. The zero-order valence-electron chi connectivity index (χ0n) is 9.70. The molecule has 2 N–H and O–H groups in total. The van der Waals surface area contributed by atoms with Gasteiger partial charge in [0.15, 0.2) is 0 Å². The van der Waals surface area contributed by atoms with E-state index in [2.05, 4.69) is 5.92 Å². The Morgan fingerprint density at radius 2 is 2.25 bits per heavy atom. The molecule has 0 fully saturated rings. The molecule has 0 aliphatic carbocycles. The topological polar surface area (TPSA) is 29.3 Å². The van der Waals surface area contributed by atoms with Crippen LogP contribution in [0.4, 0.5) is 10.1 Å². The minimum absolute atomic E-state index is 0.211. The molecule has 0 aromatic heterocycles. The van der Waals surface area contributed by atoms with E-state index in [9.17, 15) is 4.39 Å². The summed E-state index contributed by atoms with van der Waals surface area (Å²) in [5.74, 6) is 2.26. The second-order valence-corrected chi connectivity index (χ2v) is 3.68. The van der Waals surface area contributed by atoms with Crippen molar-refractivity contribution in [3.8, 4) is 12.3 Å². The second kappa shape index (κ2) is 5.53. The molecule has 3 heteroatoms. The van der Waals surface area contributed by atoms with Crippen LogP contribution < -0.4 is 10.6 Å². The maximum Gasteiger partial charge on any atom is 0.146 e. The Hall–Kier alpha value is -1.53. The number of rotatable bonds is 4. The fraction of sp³-hybridized carbons (Fsp3) is 0.385. The average Bonchev–Trinajstić information content (AvgIpc) is 2.26. The molecule has 16 heavy (non-hydrogen) atoms. The van der Waals surface area contributed by atoms with Gasteiger partial charge in [0, 0.05) is 12.6 Å². The highest BCUT2D eigenvalue weighted by Crippen LogP contribution is 2.28. The van der Waals surface area contributed by atoms with Crippen LogP contribution >= 0.6 is 0 Å². The molecule has 0 saturated heterocycles. The predicted octanol–water partition coefficient (Wildman–Crippen LogP) is 2.30. The molecule has 0 heterocycles. The van der Waals surface area contributed by atoms with Crippen molar-refractivity contribution >= 4 is 5.69 Å². The van der Waals surface area contributed by atoms with E-state index in [0.717, 1.165) is 5.56 Å². The third-order valence-electron chi connectivity index (χ3n) is 2.49. The first kappa shape index (κ1) is 12.5. The van der Waals surface area contributed by atoms with Gasteiger partial charge in [-0.05, 0) is 25.5 Å². The van der Waals surface area contributed by atoms with E-state index in [1.165, 1.54) is 6.07 Å². The molecule has 0 aliphatic heterocycles. The largest absolute Gasteiger partial charge is 0.358 e. The lowest BCUT2D eigenvalue weighted by Gasteiger charge is -2.25. The fourth-order valence-corrected chi connectivity index (χ4v) is 1.69. The Bertz CT molecular complexity index is 393. The standard InChI is InChI=1S/C13H17FN2/c1-4-9-16(5-2)13-11(10(3)15)7-6-8-12(13)14/h1,6-8,10H,5,9,15H2,2-3H3/t10-/m1/s1. The van der Waals surface area contributed by atoms with Gasteiger partial charge in [0.2, 0.25) is 0 Å². The van der Waals surface area contributed by atoms with E-state index in [1.54, 1.807) is 6.07 Å². The van der Waals surface area contributed by atoms with Crippen molar-refractivity contribution in [2.45, 2.75) is 19.9 Å². The van der Waals surface area contributed by atoms with Crippen molar-refractivity contribution in [2.75, 3.05) is 18.0 Å². The van der Waals surface area contributed by atoms with E-state index in [4.69, 9.17) is 12.2 Å². The number of halogens is 1. The molecule has 0 unspecified atom stereocenters. The molecule has 1 rings (SSSR count). The van der Waals surface area contributed by atoms with Crippen molar-refractivity contribution in [1.82, 2.24) is 0 Å². The first-order valence-corrected chi connectivity index (χ1v) is 5.34. The SMILES string of the molecule is C#CCN(CC)c1c(F)cccc1[C@@H](C)N. The molecule has 0 bridgehead atoms. The summed E-state index contributed by atoms with van der Waals surface area (Å²) in [6, 6.07) is 4.72. The lowest BCUT2D eigenvalue weighted by Crippen LogP contribution is -2.26. The summed E-state index contributed by atoms with van der Waals surface area (Å²) in [6.07, 6.45) is 5.27. The first-order valence-electron chi connectivity index (χ1n) is 5.34. The Morgan fingerprint density at radius 3 is 2.75 bits per heavy atom. The van der Waals surface area contributed by atoms with Gasteiger partial charge in [-0.2, -0.15) is 0 Å². The molecule has 2 nitrogen and oxygen atoms in total. The summed E-state index contributed by atoms with van der Waals surface area (Å²) in [7, 11) is 0. The summed E-state index contributed by atoms with van der Waals surface area (Å²) >= 11 is 0. The molecule has 0 spiro atoms. The molecular weight excluding hydrogens is 203 g/mol. The van der Waals surface area contributed by atoms with Gasteiger partial charge < -0.3 is 10.6 Å². The number of hydrogen-bond acceptors (Lipinski definition) is 2. The Kier molecular flexibility index (Phi) is 4.33. The molecule has 1 aromatic carbocycles. The normalized spacial score (nSPS) is 11.9. The number of nitrogens with two attached hydrogens (primary N) is 1. The van der Waals surface area contributed by atoms with Gasteiger partial charge in [-0.25, -0.2) is 4.39 Å². The van der Waals surface area contributed by atoms with E-state index in [-0.39, 0.29) is 11.9 Å². The van der Waals surface area contributed by atoms with Crippen LogP contribution in [0.1, 0.15) is 25.5 Å². The smallest absolute Gasteiger partial charge is 0.146 e. The minimum atomic E-state index is -0.271. The quantitative estimate of drug-likeness (QED) is 0.789. The molecule has 1 atom stereocenters. The van der Waals surface area contributed by atoms with Crippen molar-refractivity contribution in [1.29, 1.82) is 0 Å². The average molecular weight is 220 g/mol. The highest BCUT2D eigenvalue weighted by Gasteiger charge is 2.16. The van der Waals surface area contributed by atoms with E-state index < -0.39 is 0 Å². The zero-order valence-corrected chi connectivity index (χ0v) is 9.70. The van der Waals surface area contributed by atoms with Crippen molar-refractivity contribution in [2.24, 2.45) is 5.73 Å². The molecule has 1 aromatic rings. The number of nitrogens with zero attached hydrogens (tertiary/aromatic N) is 1. The summed E-state index contributed by atoms with van der Waals surface area (Å²) in [4.78, 5) is 1.81. The maximum atomic E-state index is 13.8. The van der Waals surface area contributed by atoms with Gasteiger partial charge in [-0.1, -0.05) is 18.1 Å². The van der Waals surface area contributed by atoms with Crippen LogP contribution in [0.2, 0.25) is 0 Å². The summed E-state index contributed by atoms with van der Waals surface area (Å²) in [6.45, 7) is 4.82. The maximum absolute atomic E-state index is 13.8. The summed E-state index contributed by atoms with van der Waals surface area (Å²) in [5.41, 5.74) is 7.14. The molecule has 0 saturated carbocycles. The van der Waals surface area contributed by atoms with Crippen LogP contribution in [-0.4, -0.2) is 13.1 Å². The Morgan fingerprint density at radius 1 is 1.56 bits per heavy atom. The van der Waals surface area contributed by atoms with Crippen LogP contribution in [0.25, 0.3) is 0 Å². The van der Waals surface area contributed by atoms with E-state index in [0.29, 0.717) is 18.8 Å². The molecule has 0 aliphatic rings. The zero-order chi connectivity index (χ0) is 12.1. The minimum Gasteiger partial charge on any atom is -0.358 e. The van der Waals surface area contributed by atoms with Crippen molar-refractivity contribution in [3.05, 3.63) is 29.6 Å². The monoisotopic (exact) mass is 220 g/mol. The van der Waals surface area contributed by atoms with Gasteiger partial charge in [0.25, 0.3) is 0 Å². The van der Waals surface area contributed by atoms with Crippen LogP contribution in [0.15, 0.2) is 18.2 Å². The Labute approximate surface area is 96.3 Å². The first-order chi connectivity index (χ1) is 7.61. The molecule has 86 valence electrons. The molecule has 0 amide bonds. The third kappa shape index (κ3) is 2.53. The lowest BCUT2D eigenvalue weighted by atomic mass is 10.1. The Balaban J connectivity index is 3.23. The molecular formula is C13H17FN2. The third-order valence-corrected chi connectivity index (χ3v) is 2.49. The van der Waals surface area contributed by atoms with Gasteiger partial charge in [-0.3, -0.25) is 0 Å². The van der Waals surface area contributed by atoms with Crippen LogP contribution in [0, 0.1) is 18.2 Å². The predicted molar refractivity (Wildman–Crippen MR) is 65.7 cm³/mol. The lowest BCUT2D eigenvalue weighted by molar-refractivity contribution is 0.615. The number of terminal acetylenes is 1. The highest BCUT2D eigenvalue weighted by atomic mass is 19.1. The fourth-order valence-electron chi connectivity index (χ4n) is 1.69. The van der Waals surface area contributed by atoms with Gasteiger partial charge in [-0.15, -0.1) is 6.42 Å². The van der Waals surface area contributed by atoms with Gasteiger partial charge >= 0.3 is 0 Å².